The lowest BCUT2D eigenvalue weighted by Gasteiger charge is -2.04. The Labute approximate surface area is 120 Å². The molecule has 3 heteroatoms. The molecular weight excluding hydrogens is 262 g/mol. The van der Waals surface area contributed by atoms with Crippen LogP contribution < -0.4 is 5.63 Å². The first kappa shape index (κ1) is 11.9. The molecule has 0 aliphatic rings. The van der Waals surface area contributed by atoms with Crippen molar-refractivity contribution in [1.29, 1.82) is 0 Å². The molecule has 3 aromatic carbocycles. The molecule has 1 aromatic heterocycles. The minimum absolute atomic E-state index is 0.347. The van der Waals surface area contributed by atoms with Crippen LogP contribution in [-0.4, -0.2) is 4.98 Å². The fourth-order valence-corrected chi connectivity index (χ4v) is 2.52. The number of aromatic nitrogens is 1. The zero-order chi connectivity index (χ0) is 14.2. The van der Waals surface area contributed by atoms with Crippen molar-refractivity contribution in [2.45, 2.75) is 0 Å². The molecule has 0 radical (unpaired) electrons. The number of hydrogen-bond donors (Lipinski definition) is 0. The predicted octanol–water partition coefficient (Wildman–Crippen LogP) is 4.01. The first-order valence-electron chi connectivity index (χ1n) is 6.71. The van der Waals surface area contributed by atoms with Crippen molar-refractivity contribution in [3.05, 3.63) is 77.2 Å². The molecule has 0 aliphatic carbocycles. The quantitative estimate of drug-likeness (QED) is 0.492. The number of fused-ring (bicyclic) bond motifs is 3. The third-order valence-corrected chi connectivity index (χ3v) is 3.53. The fourth-order valence-electron chi connectivity index (χ4n) is 2.52. The first-order chi connectivity index (χ1) is 10.3. The Kier molecular flexibility index (Phi) is 2.57. The highest BCUT2D eigenvalue weighted by atomic mass is 16.4. The predicted molar refractivity (Wildman–Crippen MR) is 83.2 cm³/mol. The molecule has 100 valence electrons. The molecule has 0 aliphatic heterocycles. The summed E-state index contributed by atoms with van der Waals surface area (Å²) in [6, 6.07) is 21.0. The van der Waals surface area contributed by atoms with Crippen molar-refractivity contribution in [3.8, 4) is 11.3 Å². The van der Waals surface area contributed by atoms with E-state index in [4.69, 9.17) is 4.42 Å². The number of nitrogens with zero attached hydrogens (tertiary/aromatic N) is 1. The molecule has 0 spiro atoms. The molecule has 0 fully saturated rings. The highest BCUT2D eigenvalue weighted by Gasteiger charge is 2.11. The minimum atomic E-state index is -0.413. The summed E-state index contributed by atoms with van der Waals surface area (Å²) >= 11 is 0. The molecule has 4 rings (SSSR count). The topological polar surface area (TPSA) is 43.1 Å². The van der Waals surface area contributed by atoms with E-state index >= 15 is 0 Å². The zero-order valence-corrected chi connectivity index (χ0v) is 11.1. The number of rotatable bonds is 1. The maximum Gasteiger partial charge on any atom is 0.363 e. The van der Waals surface area contributed by atoms with Gasteiger partial charge >= 0.3 is 5.63 Å². The van der Waals surface area contributed by atoms with Crippen molar-refractivity contribution >= 4 is 21.9 Å². The Bertz CT molecular complexity index is 1000. The Morgan fingerprint density at radius 2 is 1.57 bits per heavy atom. The Hall–Kier alpha value is -2.94. The lowest BCUT2D eigenvalue weighted by atomic mass is 10.1. The highest BCUT2D eigenvalue weighted by molar-refractivity contribution is 6.03. The van der Waals surface area contributed by atoms with Gasteiger partial charge in [0.1, 0.15) is 5.52 Å². The van der Waals surface area contributed by atoms with Crippen LogP contribution in [0.3, 0.4) is 0 Å². The molecular formula is C18H11NO2. The van der Waals surface area contributed by atoms with Crippen molar-refractivity contribution < 1.29 is 4.42 Å². The maximum atomic E-state index is 12.1. The molecule has 0 amide bonds. The largest absolute Gasteiger partial charge is 0.419 e. The van der Waals surface area contributed by atoms with Crippen molar-refractivity contribution in [2.75, 3.05) is 0 Å². The fraction of sp³-hybridized carbons (Fsp3) is 0. The smallest absolute Gasteiger partial charge is 0.363 e. The van der Waals surface area contributed by atoms with Crippen LogP contribution >= 0.6 is 0 Å². The van der Waals surface area contributed by atoms with E-state index in [1.54, 1.807) is 6.07 Å². The van der Waals surface area contributed by atoms with E-state index < -0.39 is 5.63 Å². The second kappa shape index (κ2) is 4.56. The van der Waals surface area contributed by atoms with Crippen molar-refractivity contribution in [1.82, 2.24) is 4.98 Å². The van der Waals surface area contributed by atoms with Crippen molar-refractivity contribution in [3.63, 3.8) is 0 Å². The van der Waals surface area contributed by atoms with Gasteiger partial charge in [-0.2, -0.15) is 0 Å². The molecule has 0 atom stereocenters. The van der Waals surface area contributed by atoms with Crippen molar-refractivity contribution in [2.24, 2.45) is 0 Å². The summed E-state index contributed by atoms with van der Waals surface area (Å²) < 4.78 is 5.44. The van der Waals surface area contributed by atoms with Gasteiger partial charge < -0.3 is 4.42 Å². The average Bonchev–Trinajstić information content (AvgIpc) is 2.55. The van der Waals surface area contributed by atoms with Gasteiger partial charge in [-0.1, -0.05) is 60.7 Å². The third-order valence-electron chi connectivity index (χ3n) is 3.53. The van der Waals surface area contributed by atoms with Crippen LogP contribution in [0.1, 0.15) is 0 Å². The van der Waals surface area contributed by atoms with Gasteiger partial charge in [0.25, 0.3) is 0 Å². The Morgan fingerprint density at radius 3 is 2.43 bits per heavy atom. The minimum Gasteiger partial charge on any atom is -0.419 e. The monoisotopic (exact) mass is 273 g/mol. The van der Waals surface area contributed by atoms with Gasteiger partial charge in [-0.3, -0.25) is 0 Å². The van der Waals surface area contributed by atoms with E-state index in [1.165, 1.54) is 0 Å². The summed E-state index contributed by atoms with van der Waals surface area (Å²) in [5, 5.41) is 2.06. The SMILES string of the molecule is O=c1oc2ccc3ccccc3c2nc1-c1ccccc1. The van der Waals surface area contributed by atoms with Crippen LogP contribution in [0.5, 0.6) is 0 Å². The highest BCUT2D eigenvalue weighted by Crippen LogP contribution is 2.24. The van der Waals surface area contributed by atoms with Crippen LogP contribution in [0.25, 0.3) is 33.1 Å². The molecule has 0 bridgehead atoms. The third kappa shape index (κ3) is 1.91. The maximum absolute atomic E-state index is 12.1. The Morgan fingerprint density at radius 1 is 0.810 bits per heavy atom. The molecule has 3 nitrogen and oxygen atoms in total. The van der Waals surface area contributed by atoms with E-state index in [9.17, 15) is 4.79 Å². The summed E-state index contributed by atoms with van der Waals surface area (Å²) in [5.74, 6) is 0. The summed E-state index contributed by atoms with van der Waals surface area (Å²) in [7, 11) is 0. The van der Waals surface area contributed by atoms with Gasteiger partial charge in [0, 0.05) is 10.9 Å². The molecule has 21 heavy (non-hydrogen) atoms. The second-order valence-corrected chi connectivity index (χ2v) is 4.85. The van der Waals surface area contributed by atoms with Gasteiger partial charge in [0.15, 0.2) is 11.3 Å². The molecule has 0 saturated heterocycles. The molecule has 1 heterocycles. The second-order valence-electron chi connectivity index (χ2n) is 4.85. The molecule has 4 aromatic rings. The van der Waals surface area contributed by atoms with Gasteiger partial charge in [-0.05, 0) is 11.5 Å². The summed E-state index contributed by atoms with van der Waals surface area (Å²) in [6.07, 6.45) is 0. The number of hydrogen-bond acceptors (Lipinski definition) is 3. The lowest BCUT2D eigenvalue weighted by Crippen LogP contribution is -2.06. The van der Waals surface area contributed by atoms with Gasteiger partial charge in [0.05, 0.1) is 0 Å². The molecule has 0 unspecified atom stereocenters. The van der Waals surface area contributed by atoms with Gasteiger partial charge in [-0.15, -0.1) is 0 Å². The van der Waals surface area contributed by atoms with Crippen LogP contribution in [0, 0.1) is 0 Å². The summed E-state index contributed by atoms with van der Waals surface area (Å²) in [5.41, 5.74) is 1.93. The summed E-state index contributed by atoms with van der Waals surface area (Å²) in [6.45, 7) is 0. The molecule has 0 N–H and O–H groups in total. The van der Waals surface area contributed by atoms with Gasteiger partial charge in [0.2, 0.25) is 0 Å². The Balaban J connectivity index is 2.12. The normalized spacial score (nSPS) is 11.0. The van der Waals surface area contributed by atoms with Crippen LogP contribution in [0.4, 0.5) is 0 Å². The van der Waals surface area contributed by atoms with E-state index in [0.717, 1.165) is 16.3 Å². The van der Waals surface area contributed by atoms with Gasteiger partial charge in [-0.25, -0.2) is 9.78 Å². The standard InChI is InChI=1S/C18H11NO2/c20-18-16(13-7-2-1-3-8-13)19-17-14-9-5-4-6-12(14)10-11-15(17)21-18/h1-11H. The number of benzene rings is 3. The van der Waals surface area contributed by atoms with E-state index in [-0.39, 0.29) is 0 Å². The van der Waals surface area contributed by atoms with E-state index in [1.807, 2.05) is 60.7 Å². The zero-order valence-electron chi connectivity index (χ0n) is 11.1. The van der Waals surface area contributed by atoms with E-state index in [2.05, 4.69) is 4.98 Å². The van der Waals surface area contributed by atoms with Crippen LogP contribution in [0.15, 0.2) is 75.9 Å². The average molecular weight is 273 g/mol. The first-order valence-corrected chi connectivity index (χ1v) is 6.71. The van der Waals surface area contributed by atoms with Crippen LogP contribution in [0.2, 0.25) is 0 Å². The van der Waals surface area contributed by atoms with E-state index in [0.29, 0.717) is 16.8 Å². The van der Waals surface area contributed by atoms with Crippen LogP contribution in [-0.2, 0) is 0 Å². The lowest BCUT2D eigenvalue weighted by molar-refractivity contribution is 0.558. The summed E-state index contributed by atoms with van der Waals surface area (Å²) in [4.78, 5) is 16.7. The molecule has 0 saturated carbocycles.